The normalized spacial score (nSPS) is 31.2. The predicted molar refractivity (Wildman–Crippen MR) is 92.6 cm³/mol. The van der Waals surface area contributed by atoms with E-state index in [1.165, 1.54) is 6.42 Å². The number of hydrogen-bond acceptors (Lipinski definition) is 4. The summed E-state index contributed by atoms with van der Waals surface area (Å²) in [5.41, 5.74) is 2.39. The van der Waals surface area contributed by atoms with Crippen molar-refractivity contribution >= 4 is 5.78 Å². The minimum absolute atomic E-state index is 0.0810. The molecule has 2 saturated heterocycles. The Morgan fingerprint density at radius 2 is 1.96 bits per heavy atom. The van der Waals surface area contributed by atoms with E-state index in [1.54, 1.807) is 0 Å². The van der Waals surface area contributed by atoms with E-state index in [-0.39, 0.29) is 11.0 Å². The molecule has 0 radical (unpaired) electrons. The van der Waals surface area contributed by atoms with E-state index < -0.39 is 0 Å². The van der Waals surface area contributed by atoms with Crippen LogP contribution in [0.4, 0.5) is 0 Å². The Balaban J connectivity index is 0.000000704. The summed E-state index contributed by atoms with van der Waals surface area (Å²) in [6, 6.07) is 0. The van der Waals surface area contributed by atoms with Gasteiger partial charge in [0.05, 0.1) is 17.9 Å². The number of nitrogens with zero attached hydrogens (tertiary/aromatic N) is 3. The van der Waals surface area contributed by atoms with Crippen LogP contribution in [0.5, 0.6) is 5.88 Å². The Morgan fingerprint density at radius 1 is 1.21 bits per heavy atom. The van der Waals surface area contributed by atoms with Gasteiger partial charge in [0.1, 0.15) is 6.10 Å². The molecule has 0 N–H and O–H groups in total. The maximum Gasteiger partial charge on any atom is 0.237 e. The van der Waals surface area contributed by atoms with Gasteiger partial charge in [-0.15, -0.1) is 0 Å². The van der Waals surface area contributed by atoms with Crippen LogP contribution >= 0.6 is 0 Å². The molecule has 4 fully saturated rings. The monoisotopic (exact) mass is 329 g/mol. The first-order valence-corrected chi connectivity index (χ1v) is 9.23. The van der Waals surface area contributed by atoms with Crippen LogP contribution in [0.15, 0.2) is 12.4 Å². The zero-order chi connectivity index (χ0) is 16.9. The van der Waals surface area contributed by atoms with E-state index in [0.717, 1.165) is 55.2 Å². The fourth-order valence-corrected chi connectivity index (χ4v) is 4.18. The standard InChI is InChI=1S/C17H21N3O2.C2H6/c1-11-6-20-7-13(17-8-16(2,9-17)21-10-17)18-15(20)19-14(11)22-12-4-3-5-12;1-2/h6-7,12H,3-5,8-10H2,1-2H3;1-2H3. The molecular weight excluding hydrogens is 302 g/mol. The second-order valence-electron chi connectivity index (χ2n) is 7.61. The quantitative estimate of drug-likeness (QED) is 0.859. The van der Waals surface area contributed by atoms with Gasteiger partial charge in [-0.2, -0.15) is 4.98 Å². The third kappa shape index (κ3) is 2.32. The Hall–Kier alpha value is -1.62. The van der Waals surface area contributed by atoms with Gasteiger partial charge in [-0.05, 0) is 46.0 Å². The topological polar surface area (TPSA) is 48.7 Å². The van der Waals surface area contributed by atoms with E-state index in [0.29, 0.717) is 6.10 Å². The maximum absolute atomic E-state index is 5.99. The molecule has 5 nitrogen and oxygen atoms in total. The van der Waals surface area contributed by atoms with E-state index in [9.17, 15) is 0 Å². The number of hydrogen-bond donors (Lipinski definition) is 0. The number of aromatic nitrogens is 3. The highest BCUT2D eigenvalue weighted by molar-refractivity contribution is 5.41. The first-order chi connectivity index (χ1) is 11.6. The molecule has 2 aliphatic carbocycles. The highest BCUT2D eigenvalue weighted by atomic mass is 16.5. The van der Waals surface area contributed by atoms with Gasteiger partial charge < -0.3 is 9.47 Å². The molecule has 5 heteroatoms. The maximum atomic E-state index is 5.99. The second kappa shape index (κ2) is 5.45. The summed E-state index contributed by atoms with van der Waals surface area (Å²) in [6.45, 7) is 9.04. The molecule has 130 valence electrons. The minimum Gasteiger partial charge on any atom is -0.474 e. The van der Waals surface area contributed by atoms with Crippen molar-refractivity contribution in [2.75, 3.05) is 6.61 Å². The molecule has 4 aliphatic rings. The summed E-state index contributed by atoms with van der Waals surface area (Å²) in [5, 5.41) is 0. The molecule has 0 spiro atoms. The smallest absolute Gasteiger partial charge is 0.237 e. The van der Waals surface area contributed by atoms with Crippen LogP contribution in [0, 0.1) is 6.92 Å². The van der Waals surface area contributed by atoms with Gasteiger partial charge in [0.25, 0.3) is 0 Å². The van der Waals surface area contributed by atoms with Crippen LogP contribution in [0.3, 0.4) is 0 Å². The summed E-state index contributed by atoms with van der Waals surface area (Å²) in [5.74, 6) is 1.48. The lowest BCUT2D eigenvalue weighted by molar-refractivity contribution is 0.0154. The summed E-state index contributed by atoms with van der Waals surface area (Å²) in [6.07, 6.45) is 10.3. The fraction of sp³-hybridized carbons (Fsp3) is 0.684. The van der Waals surface area contributed by atoms with E-state index >= 15 is 0 Å². The zero-order valence-corrected chi connectivity index (χ0v) is 15.1. The molecule has 2 bridgehead atoms. The second-order valence-corrected chi connectivity index (χ2v) is 7.61. The van der Waals surface area contributed by atoms with Gasteiger partial charge in [-0.3, -0.25) is 4.40 Å². The molecule has 0 unspecified atom stereocenters. The van der Waals surface area contributed by atoms with Gasteiger partial charge in [-0.1, -0.05) is 13.8 Å². The molecule has 0 aromatic carbocycles. The van der Waals surface area contributed by atoms with E-state index in [1.807, 2.05) is 18.2 Å². The summed E-state index contributed by atoms with van der Waals surface area (Å²) in [7, 11) is 0. The molecule has 2 aromatic heterocycles. The zero-order valence-electron chi connectivity index (χ0n) is 15.1. The largest absolute Gasteiger partial charge is 0.474 e. The Morgan fingerprint density at radius 3 is 2.54 bits per heavy atom. The first-order valence-electron chi connectivity index (χ1n) is 9.23. The predicted octanol–water partition coefficient (Wildman–Crippen LogP) is 3.82. The highest BCUT2D eigenvalue weighted by Crippen LogP contribution is 2.58. The van der Waals surface area contributed by atoms with Crippen LogP contribution in [0.25, 0.3) is 5.78 Å². The molecule has 24 heavy (non-hydrogen) atoms. The van der Waals surface area contributed by atoms with Crippen LogP contribution in [0.2, 0.25) is 0 Å². The molecule has 6 rings (SSSR count). The Labute approximate surface area is 143 Å². The van der Waals surface area contributed by atoms with Crippen molar-refractivity contribution in [3.63, 3.8) is 0 Å². The van der Waals surface area contributed by atoms with Crippen molar-refractivity contribution in [3.8, 4) is 5.88 Å². The Bertz CT molecular complexity index is 757. The van der Waals surface area contributed by atoms with Gasteiger partial charge in [0.15, 0.2) is 0 Å². The molecule has 2 aliphatic heterocycles. The molecule has 0 amide bonds. The number of ether oxygens (including phenoxy) is 2. The van der Waals surface area contributed by atoms with E-state index in [2.05, 4.69) is 31.2 Å². The molecular formula is C19H27N3O2. The third-order valence-electron chi connectivity index (χ3n) is 5.58. The van der Waals surface area contributed by atoms with Crippen molar-refractivity contribution in [2.24, 2.45) is 0 Å². The molecule has 4 heterocycles. The Kier molecular flexibility index (Phi) is 3.60. The van der Waals surface area contributed by atoms with Crippen molar-refractivity contribution in [2.45, 2.75) is 76.9 Å². The summed E-state index contributed by atoms with van der Waals surface area (Å²) >= 11 is 0. The molecule has 2 aromatic rings. The van der Waals surface area contributed by atoms with Crippen LogP contribution in [-0.2, 0) is 10.2 Å². The number of imidazole rings is 1. The van der Waals surface area contributed by atoms with Crippen molar-refractivity contribution in [1.82, 2.24) is 14.4 Å². The lowest BCUT2D eigenvalue weighted by atomic mass is 9.62. The average Bonchev–Trinajstić information content (AvgIpc) is 3.15. The average molecular weight is 329 g/mol. The lowest BCUT2D eigenvalue weighted by Crippen LogP contribution is -2.45. The highest BCUT2D eigenvalue weighted by Gasteiger charge is 2.61. The summed E-state index contributed by atoms with van der Waals surface area (Å²) in [4.78, 5) is 9.42. The van der Waals surface area contributed by atoms with Crippen molar-refractivity contribution < 1.29 is 9.47 Å². The van der Waals surface area contributed by atoms with Gasteiger partial charge >= 0.3 is 0 Å². The van der Waals surface area contributed by atoms with Crippen LogP contribution in [-0.4, -0.2) is 32.7 Å². The van der Waals surface area contributed by atoms with Crippen molar-refractivity contribution in [3.05, 3.63) is 23.7 Å². The first kappa shape index (κ1) is 15.9. The number of rotatable bonds is 3. The molecule has 0 atom stereocenters. The van der Waals surface area contributed by atoms with Crippen LogP contribution in [0.1, 0.15) is 64.1 Å². The van der Waals surface area contributed by atoms with Crippen LogP contribution < -0.4 is 4.74 Å². The third-order valence-corrected chi connectivity index (χ3v) is 5.58. The lowest BCUT2D eigenvalue weighted by Gasteiger charge is -2.41. The number of fused-ring (bicyclic) bond motifs is 2. The fourth-order valence-electron chi connectivity index (χ4n) is 4.18. The SMILES string of the molecule is CC.Cc1cn2cc(C34COC(C)(C3)C4)nc2nc1OC1CCC1. The summed E-state index contributed by atoms with van der Waals surface area (Å²) < 4.78 is 13.9. The minimum atomic E-state index is 0.0810. The van der Waals surface area contributed by atoms with Crippen molar-refractivity contribution in [1.29, 1.82) is 0 Å². The van der Waals surface area contributed by atoms with Gasteiger partial charge in [-0.25, -0.2) is 4.98 Å². The molecule has 2 saturated carbocycles. The van der Waals surface area contributed by atoms with Gasteiger partial charge in [0, 0.05) is 23.4 Å². The van der Waals surface area contributed by atoms with Gasteiger partial charge in [0.2, 0.25) is 11.7 Å². The van der Waals surface area contributed by atoms with E-state index in [4.69, 9.17) is 14.5 Å². The number of aryl methyl sites for hydroxylation is 1.